The minimum atomic E-state index is -0.143. The molecule has 5 atom stereocenters. The van der Waals surface area contributed by atoms with Crippen LogP contribution in [0.4, 0.5) is 0 Å². The van der Waals surface area contributed by atoms with Crippen LogP contribution in [0.5, 0.6) is 0 Å². The Bertz CT molecular complexity index is 626. The Morgan fingerprint density at radius 1 is 1.04 bits per heavy atom. The van der Waals surface area contributed by atoms with Crippen molar-refractivity contribution in [2.24, 2.45) is 11.8 Å². The van der Waals surface area contributed by atoms with E-state index in [0.717, 1.165) is 18.9 Å². The van der Waals surface area contributed by atoms with Crippen molar-refractivity contribution in [1.82, 2.24) is 4.90 Å². The van der Waals surface area contributed by atoms with Crippen LogP contribution >= 0.6 is 0 Å². The van der Waals surface area contributed by atoms with Gasteiger partial charge in [-0.25, -0.2) is 0 Å². The van der Waals surface area contributed by atoms with Crippen molar-refractivity contribution in [1.29, 1.82) is 0 Å². The van der Waals surface area contributed by atoms with Crippen molar-refractivity contribution in [3.05, 3.63) is 35.9 Å². The van der Waals surface area contributed by atoms with Crippen molar-refractivity contribution in [2.75, 3.05) is 6.54 Å². The van der Waals surface area contributed by atoms with Crippen molar-refractivity contribution in [2.45, 2.75) is 89.9 Å². The third kappa shape index (κ3) is 3.23. The zero-order chi connectivity index (χ0) is 18.5. The highest BCUT2D eigenvalue weighted by atomic mass is 16.6. The summed E-state index contributed by atoms with van der Waals surface area (Å²) in [4.78, 5) is 2.62. The Balaban J connectivity index is 1.73. The topological polar surface area (TPSA) is 21.7 Å². The van der Waals surface area contributed by atoms with Gasteiger partial charge in [0.05, 0.1) is 11.7 Å². The van der Waals surface area contributed by atoms with Crippen LogP contribution in [0.1, 0.15) is 72.0 Å². The minimum absolute atomic E-state index is 0.000671. The van der Waals surface area contributed by atoms with E-state index in [1.54, 1.807) is 0 Å². The highest BCUT2D eigenvalue weighted by Gasteiger charge is 2.54. The summed E-state index contributed by atoms with van der Waals surface area (Å²) in [6, 6.07) is 10.7. The van der Waals surface area contributed by atoms with Gasteiger partial charge in [0.25, 0.3) is 0 Å². The van der Waals surface area contributed by atoms with Gasteiger partial charge in [-0.2, -0.15) is 0 Å². The summed E-state index contributed by atoms with van der Waals surface area (Å²) in [6.07, 6.45) is 5.15. The predicted molar refractivity (Wildman–Crippen MR) is 105 cm³/mol. The molecular weight excluding hydrogens is 322 g/mol. The Kier molecular flexibility index (Phi) is 4.70. The van der Waals surface area contributed by atoms with Gasteiger partial charge >= 0.3 is 0 Å². The second-order valence-corrected chi connectivity index (χ2v) is 9.90. The molecule has 1 aromatic rings. The van der Waals surface area contributed by atoms with Gasteiger partial charge in [0.1, 0.15) is 12.3 Å². The number of hydrogen-bond donors (Lipinski definition) is 0. The number of fused-ring (bicyclic) bond motifs is 2. The molecule has 144 valence electrons. The number of hydrogen-bond acceptors (Lipinski definition) is 3. The van der Waals surface area contributed by atoms with Gasteiger partial charge in [0.2, 0.25) is 0 Å². The molecule has 1 aliphatic carbocycles. The van der Waals surface area contributed by atoms with Crippen molar-refractivity contribution < 1.29 is 9.47 Å². The molecule has 3 aliphatic rings. The Labute approximate surface area is 159 Å². The first-order valence-electron chi connectivity index (χ1n) is 10.4. The fraction of sp³-hybridized carbons (Fsp3) is 0.739. The van der Waals surface area contributed by atoms with Crippen LogP contribution in [0.2, 0.25) is 0 Å². The molecule has 0 radical (unpaired) electrons. The van der Waals surface area contributed by atoms with Crippen LogP contribution in [0.15, 0.2) is 30.3 Å². The minimum Gasteiger partial charge on any atom is -0.363 e. The molecule has 0 aromatic heterocycles. The molecule has 3 nitrogen and oxygen atoms in total. The van der Waals surface area contributed by atoms with Gasteiger partial charge in [0, 0.05) is 18.0 Å². The van der Waals surface area contributed by atoms with Gasteiger partial charge < -0.3 is 9.47 Å². The molecule has 2 heterocycles. The molecule has 2 saturated heterocycles. The van der Waals surface area contributed by atoms with E-state index in [1.807, 2.05) is 0 Å². The summed E-state index contributed by atoms with van der Waals surface area (Å²) in [5, 5.41) is 0. The van der Waals surface area contributed by atoms with Crippen molar-refractivity contribution >= 4 is 0 Å². The van der Waals surface area contributed by atoms with Crippen LogP contribution in [-0.4, -0.2) is 34.9 Å². The molecule has 0 unspecified atom stereocenters. The average molecular weight is 358 g/mol. The van der Waals surface area contributed by atoms with Crippen LogP contribution in [0.25, 0.3) is 0 Å². The summed E-state index contributed by atoms with van der Waals surface area (Å²) >= 11 is 0. The lowest BCUT2D eigenvalue weighted by Crippen LogP contribution is -2.65. The van der Waals surface area contributed by atoms with Crippen molar-refractivity contribution in [3.63, 3.8) is 0 Å². The molecule has 26 heavy (non-hydrogen) atoms. The summed E-state index contributed by atoms with van der Waals surface area (Å²) in [5.74, 6) is 1.38. The largest absolute Gasteiger partial charge is 0.363 e. The molecule has 0 amide bonds. The zero-order valence-corrected chi connectivity index (χ0v) is 17.1. The molecule has 1 aromatic carbocycles. The molecular formula is C23H35NO2. The van der Waals surface area contributed by atoms with Gasteiger partial charge in [0.15, 0.2) is 0 Å². The number of ether oxygens (including phenoxy) is 2. The van der Waals surface area contributed by atoms with Gasteiger partial charge in [-0.3, -0.25) is 4.90 Å². The third-order valence-corrected chi connectivity index (χ3v) is 7.11. The zero-order valence-electron chi connectivity index (χ0n) is 17.1. The number of benzene rings is 1. The first-order valence-corrected chi connectivity index (χ1v) is 10.4. The number of rotatable bonds is 1. The van der Waals surface area contributed by atoms with Gasteiger partial charge in [-0.1, -0.05) is 43.7 Å². The molecule has 3 fully saturated rings. The highest BCUT2D eigenvalue weighted by Crippen LogP contribution is 2.49. The number of nitrogens with zero attached hydrogens (tertiary/aromatic N) is 1. The Morgan fingerprint density at radius 3 is 2.50 bits per heavy atom. The Hall–Kier alpha value is -0.900. The lowest BCUT2D eigenvalue weighted by atomic mass is 9.69. The monoisotopic (exact) mass is 357 g/mol. The first kappa shape index (κ1) is 18.5. The van der Waals surface area contributed by atoms with E-state index in [4.69, 9.17) is 9.47 Å². The average Bonchev–Trinajstić information content (AvgIpc) is 2.72. The molecule has 0 bridgehead atoms. The highest BCUT2D eigenvalue weighted by molar-refractivity contribution is 5.20. The van der Waals surface area contributed by atoms with E-state index in [1.165, 1.54) is 24.8 Å². The SMILES string of the molecule is C[C@@H]1CC[C@@H]2[C@@H](C1)O[C@H]1[C@H](c3ccccc3)OC(C)(C)CCN1C2(C)C. The Morgan fingerprint density at radius 2 is 1.77 bits per heavy atom. The van der Waals surface area contributed by atoms with E-state index >= 15 is 0 Å². The summed E-state index contributed by atoms with van der Waals surface area (Å²) in [7, 11) is 0. The van der Waals surface area contributed by atoms with Crippen LogP contribution < -0.4 is 0 Å². The maximum Gasteiger partial charge on any atom is 0.142 e. The molecule has 0 N–H and O–H groups in total. The first-order chi connectivity index (χ1) is 12.3. The second-order valence-electron chi connectivity index (χ2n) is 9.90. The molecule has 1 saturated carbocycles. The lowest BCUT2D eigenvalue weighted by molar-refractivity contribution is -0.265. The van der Waals surface area contributed by atoms with E-state index in [0.29, 0.717) is 12.0 Å². The molecule has 3 heteroatoms. The van der Waals surface area contributed by atoms with E-state index in [2.05, 4.69) is 69.9 Å². The summed E-state index contributed by atoms with van der Waals surface area (Å²) in [5.41, 5.74) is 1.23. The quantitative estimate of drug-likeness (QED) is 0.692. The lowest BCUT2D eigenvalue weighted by Gasteiger charge is -2.58. The molecule has 4 rings (SSSR count). The van der Waals surface area contributed by atoms with Gasteiger partial charge in [-0.15, -0.1) is 0 Å². The van der Waals surface area contributed by atoms with Crippen LogP contribution in [0, 0.1) is 11.8 Å². The summed E-state index contributed by atoms with van der Waals surface area (Å²) in [6.45, 7) is 12.7. The predicted octanol–water partition coefficient (Wildman–Crippen LogP) is 5.17. The normalized spacial score (nSPS) is 39.5. The second kappa shape index (κ2) is 6.61. The van der Waals surface area contributed by atoms with E-state index < -0.39 is 0 Å². The molecule has 0 spiro atoms. The fourth-order valence-corrected chi connectivity index (χ4v) is 5.46. The maximum atomic E-state index is 6.84. The van der Waals surface area contributed by atoms with Crippen LogP contribution in [-0.2, 0) is 9.47 Å². The standard InChI is InChI=1S/C23H35NO2/c1-16-11-12-18-19(15-16)25-21-20(17-9-7-6-8-10-17)26-22(2,3)13-14-24(21)23(18,4)5/h6-10,16,18-21H,11-15H2,1-5H3/t16-,18-,19-,20+,21+/m1/s1. The maximum absolute atomic E-state index is 6.84. The van der Waals surface area contributed by atoms with E-state index in [-0.39, 0.29) is 23.5 Å². The van der Waals surface area contributed by atoms with Crippen molar-refractivity contribution in [3.8, 4) is 0 Å². The van der Waals surface area contributed by atoms with Gasteiger partial charge in [-0.05, 0) is 58.4 Å². The summed E-state index contributed by atoms with van der Waals surface area (Å²) < 4.78 is 13.5. The van der Waals surface area contributed by atoms with E-state index in [9.17, 15) is 0 Å². The fourth-order valence-electron chi connectivity index (χ4n) is 5.46. The smallest absolute Gasteiger partial charge is 0.142 e. The third-order valence-electron chi connectivity index (χ3n) is 7.11. The van der Waals surface area contributed by atoms with Crippen LogP contribution in [0.3, 0.4) is 0 Å². The molecule has 2 aliphatic heterocycles.